The van der Waals surface area contributed by atoms with Crippen LogP contribution >= 0.6 is 77.5 Å². The van der Waals surface area contributed by atoms with Gasteiger partial charge in [-0.3, -0.25) is 4.57 Å². The number of hydrogen-bond acceptors (Lipinski definition) is 3. The van der Waals surface area contributed by atoms with Crippen LogP contribution in [0.3, 0.4) is 0 Å². The number of nitrogens with zero attached hydrogens (tertiary/aromatic N) is 2. The van der Waals surface area contributed by atoms with Gasteiger partial charge in [0.2, 0.25) is 5.39 Å². The molecule has 1 N–H and O–H groups in total. The maximum Gasteiger partial charge on any atom is 0.385 e. The molecule has 0 saturated heterocycles. The van der Waals surface area contributed by atoms with E-state index in [1.807, 2.05) is 18.2 Å². The molecule has 1 aromatic carbocycles. The van der Waals surface area contributed by atoms with E-state index in [1.165, 1.54) is 0 Å². The van der Waals surface area contributed by atoms with E-state index < -0.39 is 40.2 Å². The van der Waals surface area contributed by atoms with Crippen LogP contribution in [0.1, 0.15) is 0 Å². The average molecular weight is 495 g/mol. The molecule has 1 atom stereocenters. The highest BCUT2D eigenvalue weighted by molar-refractivity contribution is 7.44. The second-order valence-electron chi connectivity index (χ2n) is 4.55. The number of rotatable bonds is 0. The Balaban J connectivity index is 0.000000382. The lowest BCUT2D eigenvalue weighted by atomic mass is 9.97. The molecule has 1 saturated carbocycles. The molecule has 0 bridgehead atoms. The minimum Gasteiger partial charge on any atom is -0.753 e. The second-order valence-corrected chi connectivity index (χ2v) is 8.48. The first-order valence-electron chi connectivity index (χ1n) is 6.38. The van der Waals surface area contributed by atoms with Crippen LogP contribution in [0.2, 0.25) is 0 Å². The molecule has 0 amide bonds. The fourth-order valence-electron chi connectivity index (χ4n) is 1.55. The van der Waals surface area contributed by atoms with Crippen molar-refractivity contribution in [2.24, 2.45) is 0 Å². The maximum absolute atomic E-state index is 10.2. The van der Waals surface area contributed by atoms with Crippen molar-refractivity contribution in [1.29, 1.82) is 5.39 Å². The number of alkyl halides is 6. The van der Waals surface area contributed by atoms with Crippen LogP contribution in [0.5, 0.6) is 0 Å². The Labute approximate surface area is 174 Å². The summed E-state index contributed by atoms with van der Waals surface area (Å²) in [5.74, 6) is 0. The number of hydrogen-bond donors (Lipinski definition) is 1. The van der Waals surface area contributed by atoms with Crippen molar-refractivity contribution in [2.45, 2.75) is 32.3 Å². The first kappa shape index (κ1) is 25.5. The summed E-state index contributed by atoms with van der Waals surface area (Å²) in [5.41, 5.74) is 0.590. The lowest BCUT2D eigenvalue weighted by Gasteiger charge is -2.37. The van der Waals surface area contributed by atoms with E-state index in [0.717, 1.165) is 0 Å². The van der Waals surface area contributed by atoms with Gasteiger partial charge < -0.3 is 9.79 Å². The Morgan fingerprint density at radius 1 is 0.920 bits per heavy atom. The highest BCUT2D eigenvalue weighted by Gasteiger charge is 2.46. The van der Waals surface area contributed by atoms with Gasteiger partial charge in [0.1, 0.15) is 0 Å². The van der Waals surface area contributed by atoms with Gasteiger partial charge in [-0.05, 0) is 0 Å². The van der Waals surface area contributed by atoms with Crippen LogP contribution < -0.4 is 4.89 Å². The molecule has 25 heavy (non-hydrogen) atoms. The molecule has 142 valence electrons. The van der Waals surface area contributed by atoms with Crippen molar-refractivity contribution in [1.82, 2.24) is 0 Å². The van der Waals surface area contributed by atoms with Gasteiger partial charge in [-0.1, -0.05) is 18.2 Å². The molecule has 1 aliphatic carbocycles. The minimum absolute atomic E-state index is 0.437. The SMILES string of the molecule is Cl[C@H]1[C@H](Cl)[C@@H](Cl)[C@@H](Cl)[C@H](Cl)[C@H]1Cl.N#[N+]c1ccccc1.O=P([O-])(O)F. The molecule has 0 aliphatic heterocycles. The van der Waals surface area contributed by atoms with Gasteiger partial charge in [-0.15, -0.1) is 69.6 Å². The van der Waals surface area contributed by atoms with Crippen molar-refractivity contribution >= 4 is 83.2 Å². The third-order valence-electron chi connectivity index (χ3n) is 2.70. The predicted molar refractivity (Wildman–Crippen MR) is 100.0 cm³/mol. The van der Waals surface area contributed by atoms with Crippen LogP contribution in [0.4, 0.5) is 9.88 Å². The summed E-state index contributed by atoms with van der Waals surface area (Å²) in [6.45, 7) is 0. The molecule has 0 radical (unpaired) electrons. The van der Waals surface area contributed by atoms with Gasteiger partial charge >= 0.3 is 13.6 Å². The Kier molecular flexibility index (Phi) is 12.2. The molecular weight excluding hydrogens is 483 g/mol. The van der Waals surface area contributed by atoms with Gasteiger partial charge in [0.25, 0.3) is 0 Å². The highest BCUT2D eigenvalue weighted by atomic mass is 35.5. The smallest absolute Gasteiger partial charge is 0.385 e. The maximum atomic E-state index is 10.2. The van der Waals surface area contributed by atoms with Crippen molar-refractivity contribution in [3.05, 3.63) is 35.3 Å². The summed E-state index contributed by atoms with van der Waals surface area (Å²) in [5, 5.41) is 5.54. The molecule has 1 aliphatic rings. The Bertz CT molecular complexity index is 537. The highest BCUT2D eigenvalue weighted by Crippen LogP contribution is 2.39. The predicted octanol–water partition coefficient (Wildman–Crippen LogP) is 5.23. The molecule has 0 spiro atoms. The second kappa shape index (κ2) is 12.0. The van der Waals surface area contributed by atoms with Crippen molar-refractivity contribution < 1.29 is 18.5 Å². The zero-order valence-electron chi connectivity index (χ0n) is 12.1. The van der Waals surface area contributed by atoms with E-state index in [4.69, 9.17) is 89.4 Å². The number of halogens is 7. The lowest BCUT2D eigenvalue weighted by molar-refractivity contribution is -0.206. The Hall–Kier alpha value is 0.460. The third-order valence-corrected chi connectivity index (χ3v) is 6.73. The summed E-state index contributed by atoms with van der Waals surface area (Å²) in [6, 6.07) is 8.94. The van der Waals surface area contributed by atoms with E-state index in [9.17, 15) is 4.20 Å². The van der Waals surface area contributed by atoms with Crippen LogP contribution in [-0.2, 0) is 4.57 Å². The van der Waals surface area contributed by atoms with Crippen LogP contribution in [-0.4, -0.2) is 37.2 Å². The van der Waals surface area contributed by atoms with E-state index in [-0.39, 0.29) is 0 Å². The van der Waals surface area contributed by atoms with Crippen LogP contribution in [0.15, 0.2) is 30.3 Å². The fourth-order valence-corrected chi connectivity index (χ4v) is 3.88. The molecule has 1 aromatic rings. The molecule has 13 heteroatoms. The average Bonchev–Trinajstić information content (AvgIpc) is 2.56. The topological polar surface area (TPSA) is 88.5 Å². The number of benzene rings is 1. The van der Waals surface area contributed by atoms with E-state index in [1.54, 1.807) is 12.1 Å². The zero-order valence-corrected chi connectivity index (χ0v) is 17.5. The van der Waals surface area contributed by atoms with Crippen molar-refractivity contribution in [2.75, 3.05) is 0 Å². The largest absolute Gasteiger partial charge is 0.753 e. The molecule has 2 rings (SSSR count). The monoisotopic (exact) mass is 492 g/mol. The Morgan fingerprint density at radius 3 is 1.32 bits per heavy atom. The molecule has 1 fully saturated rings. The van der Waals surface area contributed by atoms with Gasteiger partial charge in [0.05, 0.1) is 32.3 Å². The third kappa shape index (κ3) is 10.4. The van der Waals surface area contributed by atoms with Crippen molar-refractivity contribution in [3.63, 3.8) is 0 Å². The molecule has 5 nitrogen and oxygen atoms in total. The van der Waals surface area contributed by atoms with Gasteiger partial charge in [0, 0.05) is 12.1 Å². The lowest BCUT2D eigenvalue weighted by Crippen LogP contribution is -2.52. The standard InChI is InChI=1S/C6H6Cl6.C6H5N2.FH2O3P/c7-1-2(8)4(10)6(12)5(11)3(1)9;7-8-6-4-2-1-3-5-6;1-5(2,3)4/h1-6H;1-5H;(H2,2,3,4)/q;+1;/p-1/t1-,2-,3-,4+,5+,6+;;. The van der Waals surface area contributed by atoms with Crippen LogP contribution in [0.25, 0.3) is 4.98 Å². The summed E-state index contributed by atoms with van der Waals surface area (Å²) in [4.78, 5) is 18.4. The molecule has 1 unspecified atom stereocenters. The van der Waals surface area contributed by atoms with Crippen LogP contribution in [0, 0.1) is 5.39 Å². The summed E-state index contributed by atoms with van der Waals surface area (Å²) in [7, 11) is -5.39. The first-order valence-corrected chi connectivity index (χ1v) is 10.5. The molecular formula is C12H12Cl6FN2O3P. The number of diazo groups is 1. The van der Waals surface area contributed by atoms with Crippen molar-refractivity contribution in [3.8, 4) is 0 Å². The summed E-state index contributed by atoms with van der Waals surface area (Å²) < 4.78 is 18.8. The first-order chi connectivity index (χ1) is 11.4. The van der Waals surface area contributed by atoms with E-state index >= 15 is 0 Å². The summed E-state index contributed by atoms with van der Waals surface area (Å²) >= 11 is 35.3. The fraction of sp³-hybridized carbons (Fsp3) is 0.500. The molecule has 0 heterocycles. The zero-order chi connectivity index (χ0) is 19.8. The summed E-state index contributed by atoms with van der Waals surface area (Å²) in [6.07, 6.45) is 0. The normalized spacial score (nSPS) is 33.4. The van der Waals surface area contributed by atoms with E-state index in [0.29, 0.717) is 5.69 Å². The Morgan fingerprint density at radius 2 is 1.16 bits per heavy atom. The van der Waals surface area contributed by atoms with Gasteiger partial charge in [-0.2, -0.15) is 4.20 Å². The van der Waals surface area contributed by atoms with Gasteiger partial charge in [-0.25, -0.2) is 0 Å². The quantitative estimate of drug-likeness (QED) is 0.304. The minimum atomic E-state index is -5.39. The van der Waals surface area contributed by atoms with E-state index in [2.05, 4.69) is 4.98 Å². The molecule has 0 aromatic heterocycles. The van der Waals surface area contributed by atoms with Gasteiger partial charge in [0.15, 0.2) is 4.98 Å².